The first kappa shape index (κ1) is 37.4. The summed E-state index contributed by atoms with van der Waals surface area (Å²) in [4.78, 5) is 57.9. The Morgan fingerprint density at radius 3 is 1.19 bits per heavy atom. The average molecular weight is 814 g/mol. The van der Waals surface area contributed by atoms with Gasteiger partial charge in [-0.1, -0.05) is 48.5 Å². The minimum absolute atomic E-state index is 0.0250. The van der Waals surface area contributed by atoms with E-state index in [0.717, 1.165) is 5.56 Å². The summed E-state index contributed by atoms with van der Waals surface area (Å²) < 4.78 is 0. The van der Waals surface area contributed by atoms with Crippen LogP contribution in [0.5, 0.6) is 5.75 Å². The first-order valence-electron chi connectivity index (χ1n) is 19.4. The molecule has 4 aromatic heterocycles. The van der Waals surface area contributed by atoms with E-state index in [1.807, 2.05) is 60.7 Å². The number of para-hydroxylation sites is 1. The molecule has 6 N–H and O–H groups in total. The number of carboxylic acid groups (broad SMARTS) is 3. The molecule has 298 valence electrons. The van der Waals surface area contributed by atoms with E-state index in [0.29, 0.717) is 94.7 Å². The molecule has 0 amide bonds. The van der Waals surface area contributed by atoms with Crippen LogP contribution in [0.2, 0.25) is 0 Å². The quantitative estimate of drug-likeness (QED) is 0.0898. The molecule has 6 heterocycles. The van der Waals surface area contributed by atoms with Crippen LogP contribution in [0, 0.1) is 0 Å². The lowest BCUT2D eigenvalue weighted by Crippen LogP contribution is -1.96. The number of benzene rings is 4. The molecule has 0 unspecified atom stereocenters. The Bertz CT molecular complexity index is 3380. The maximum Gasteiger partial charge on any atom is 0.335 e. The second kappa shape index (κ2) is 14.7. The summed E-state index contributed by atoms with van der Waals surface area (Å²) in [5.74, 6) is -3.14. The fourth-order valence-corrected chi connectivity index (χ4v) is 8.12. The third-order valence-electron chi connectivity index (χ3n) is 11.0. The summed E-state index contributed by atoms with van der Waals surface area (Å²) in [6.07, 6.45) is 9.23. The molecule has 2 aliphatic rings. The van der Waals surface area contributed by atoms with Crippen molar-refractivity contribution in [2.45, 2.75) is 0 Å². The van der Waals surface area contributed by atoms with Crippen molar-refractivity contribution < 1.29 is 34.8 Å². The van der Waals surface area contributed by atoms with Gasteiger partial charge in [-0.05, 0) is 119 Å². The van der Waals surface area contributed by atoms with Crippen molar-refractivity contribution in [2.75, 3.05) is 0 Å². The van der Waals surface area contributed by atoms with Gasteiger partial charge in [-0.15, -0.1) is 0 Å². The van der Waals surface area contributed by atoms with Crippen molar-refractivity contribution in [3.05, 3.63) is 167 Å². The number of rotatable bonds is 7. The molecule has 12 heteroatoms. The van der Waals surface area contributed by atoms with Crippen molar-refractivity contribution in [1.29, 1.82) is 0 Å². The number of phenolic OH excluding ortho intramolecular Hbond substituents is 1. The number of aromatic carboxylic acids is 3. The molecular formula is C50H31N5O7. The molecule has 0 saturated heterocycles. The van der Waals surface area contributed by atoms with Gasteiger partial charge in [-0.25, -0.2) is 24.4 Å². The number of phenols is 1. The molecule has 4 aromatic carbocycles. The lowest BCUT2D eigenvalue weighted by Gasteiger charge is -2.09. The first-order chi connectivity index (χ1) is 30.1. The van der Waals surface area contributed by atoms with Crippen LogP contribution in [0.4, 0.5) is 0 Å². The van der Waals surface area contributed by atoms with Crippen LogP contribution in [0.3, 0.4) is 0 Å². The number of carboxylic acids is 3. The van der Waals surface area contributed by atoms with Crippen LogP contribution in [-0.4, -0.2) is 63.3 Å². The number of aromatic hydroxyl groups is 1. The molecule has 8 bridgehead atoms. The van der Waals surface area contributed by atoms with Crippen molar-refractivity contribution in [2.24, 2.45) is 0 Å². The second-order valence-corrected chi connectivity index (χ2v) is 14.7. The van der Waals surface area contributed by atoms with Gasteiger partial charge in [-0.3, -0.25) is 4.98 Å². The van der Waals surface area contributed by atoms with Gasteiger partial charge in [-0.2, -0.15) is 0 Å². The fraction of sp³-hybridized carbons (Fsp3) is 0. The van der Waals surface area contributed by atoms with Crippen LogP contribution < -0.4 is 0 Å². The molecule has 62 heavy (non-hydrogen) atoms. The molecule has 0 atom stereocenters. The predicted octanol–water partition coefficient (Wildman–Crippen LogP) is 10.7. The zero-order chi connectivity index (χ0) is 42.6. The van der Waals surface area contributed by atoms with E-state index in [-0.39, 0.29) is 22.4 Å². The Morgan fingerprint density at radius 1 is 0.435 bits per heavy atom. The summed E-state index contributed by atoms with van der Waals surface area (Å²) in [5.41, 5.74) is 11.4. The summed E-state index contributed by atoms with van der Waals surface area (Å²) in [7, 11) is 0. The number of nitrogens with zero attached hydrogens (tertiary/aromatic N) is 3. The number of carbonyl (C=O) groups is 3. The Morgan fingerprint density at radius 2 is 0.806 bits per heavy atom. The number of aromatic nitrogens is 5. The number of fused-ring (bicyclic) bond motifs is 9. The normalized spacial score (nSPS) is 11.9. The molecule has 10 rings (SSSR count). The third kappa shape index (κ3) is 6.44. The predicted molar refractivity (Wildman–Crippen MR) is 238 cm³/mol. The maximum atomic E-state index is 11.9. The fourth-order valence-electron chi connectivity index (χ4n) is 8.12. The zero-order valence-electron chi connectivity index (χ0n) is 32.3. The van der Waals surface area contributed by atoms with Gasteiger partial charge in [0.2, 0.25) is 0 Å². The van der Waals surface area contributed by atoms with Gasteiger partial charge in [0.1, 0.15) is 11.3 Å². The molecule has 0 saturated carbocycles. The highest BCUT2D eigenvalue weighted by atomic mass is 16.4. The van der Waals surface area contributed by atoms with Crippen LogP contribution in [-0.2, 0) is 0 Å². The molecular weight excluding hydrogens is 783 g/mol. The molecule has 0 aliphatic carbocycles. The maximum absolute atomic E-state index is 11.9. The van der Waals surface area contributed by atoms with Gasteiger partial charge in [0, 0.05) is 55.9 Å². The van der Waals surface area contributed by atoms with Gasteiger partial charge >= 0.3 is 17.9 Å². The van der Waals surface area contributed by atoms with Gasteiger partial charge < -0.3 is 30.4 Å². The van der Waals surface area contributed by atoms with Gasteiger partial charge in [0.25, 0.3) is 0 Å². The molecule has 2 aliphatic heterocycles. The molecule has 0 radical (unpaired) electrons. The van der Waals surface area contributed by atoms with Crippen molar-refractivity contribution in [1.82, 2.24) is 24.9 Å². The smallest absolute Gasteiger partial charge is 0.335 e. The van der Waals surface area contributed by atoms with Crippen LogP contribution in [0.25, 0.3) is 102 Å². The van der Waals surface area contributed by atoms with E-state index in [9.17, 15) is 34.8 Å². The Balaban J connectivity index is 1.37. The summed E-state index contributed by atoms with van der Waals surface area (Å²) in [6, 6.07) is 34.5. The molecule has 0 fully saturated rings. The molecule has 0 spiro atoms. The molecule has 8 aromatic rings. The van der Waals surface area contributed by atoms with E-state index >= 15 is 0 Å². The summed E-state index contributed by atoms with van der Waals surface area (Å²) >= 11 is 0. The summed E-state index contributed by atoms with van der Waals surface area (Å²) in [6.45, 7) is 0. The number of H-pyrrole nitrogens is 2. The number of hydrogen-bond donors (Lipinski definition) is 6. The van der Waals surface area contributed by atoms with Crippen LogP contribution in [0.1, 0.15) is 53.8 Å². The highest BCUT2D eigenvalue weighted by molar-refractivity contribution is 6.05. The van der Waals surface area contributed by atoms with E-state index in [1.54, 1.807) is 79.0 Å². The minimum atomic E-state index is -1.06. The Kier molecular flexibility index (Phi) is 8.88. The number of pyridine rings is 1. The van der Waals surface area contributed by atoms with Crippen LogP contribution >= 0.6 is 0 Å². The Labute approximate surface area is 351 Å². The highest BCUT2D eigenvalue weighted by Gasteiger charge is 2.21. The van der Waals surface area contributed by atoms with Crippen LogP contribution in [0.15, 0.2) is 128 Å². The lowest BCUT2D eigenvalue weighted by molar-refractivity contribution is 0.0686. The first-order valence-corrected chi connectivity index (χ1v) is 19.4. The number of hydrogen-bond acceptors (Lipinski definition) is 7. The topological polar surface area (TPSA) is 202 Å². The average Bonchev–Trinajstić information content (AvgIpc) is 4.13. The standard InChI is InChI=1S/C50H31N5O7/c56-42-3-1-2-33-32(24-25-51-47(33)42)46-40-22-20-38(54-40)44(27-6-12-30(13-7-27)49(59)60)36-18-16-34(52-36)43(26-4-10-29(11-5-26)48(57)58)35-17-19-37(53-35)45(39-21-23-41(46)55-39)28-8-14-31(15-9-28)50(61)62/h1-25,52,55-56H,(H,57,58)(H,59,60)(H,61,62). The van der Waals surface area contributed by atoms with E-state index in [2.05, 4.69) is 15.0 Å². The van der Waals surface area contributed by atoms with Gasteiger partial charge in [0.15, 0.2) is 0 Å². The van der Waals surface area contributed by atoms with Gasteiger partial charge in [0.05, 0.1) is 39.5 Å². The van der Waals surface area contributed by atoms with Crippen molar-refractivity contribution in [3.8, 4) is 50.3 Å². The lowest BCUT2D eigenvalue weighted by atomic mass is 9.99. The summed E-state index contributed by atoms with van der Waals surface area (Å²) in [5, 5.41) is 40.8. The van der Waals surface area contributed by atoms with E-state index < -0.39 is 17.9 Å². The zero-order valence-corrected chi connectivity index (χ0v) is 32.3. The monoisotopic (exact) mass is 813 g/mol. The van der Waals surface area contributed by atoms with E-state index in [4.69, 9.17) is 9.97 Å². The minimum Gasteiger partial charge on any atom is -0.506 e. The third-order valence-corrected chi connectivity index (χ3v) is 11.0. The Hall–Kier alpha value is -8.90. The number of nitrogens with one attached hydrogen (secondary N) is 2. The highest BCUT2D eigenvalue weighted by Crippen LogP contribution is 2.40. The van der Waals surface area contributed by atoms with Crippen molar-refractivity contribution in [3.63, 3.8) is 0 Å². The largest absolute Gasteiger partial charge is 0.506 e. The SMILES string of the molecule is O=C(O)c1ccc(-c2c3nc(c(-c4ccc(C(=O)O)cc4)c4ccc([nH]4)c(-c4ccnc5c(O)cccc45)c4nc(c(-c5ccc(C(=O)O)cc5)c5ccc2[nH]5)C=C4)C=C3)cc1. The second-order valence-electron chi connectivity index (χ2n) is 14.7. The number of aromatic amines is 2. The van der Waals surface area contributed by atoms with E-state index in [1.165, 1.54) is 12.1 Å². The molecule has 12 nitrogen and oxygen atoms in total. The van der Waals surface area contributed by atoms with Crippen molar-refractivity contribution >= 4 is 75.2 Å².